The molecule has 4 nitrogen and oxygen atoms in total. The third kappa shape index (κ3) is 3.00. The number of amidine groups is 1. The molecule has 104 valence electrons. The zero-order chi connectivity index (χ0) is 13.8. The van der Waals surface area contributed by atoms with Crippen molar-refractivity contribution in [3.05, 3.63) is 29.3 Å². The SMILES string of the molecule is CCC1CCCN(c2ccc(/C(N)=N/O)cc2C)C1. The van der Waals surface area contributed by atoms with Crippen LogP contribution in [0, 0.1) is 12.8 Å². The van der Waals surface area contributed by atoms with Crippen molar-refractivity contribution < 1.29 is 5.21 Å². The second-order valence-electron chi connectivity index (χ2n) is 5.35. The van der Waals surface area contributed by atoms with E-state index in [0.717, 1.165) is 24.6 Å². The molecule has 1 atom stereocenters. The molecule has 0 amide bonds. The van der Waals surface area contributed by atoms with Crippen molar-refractivity contribution in [3.8, 4) is 0 Å². The Kier molecular flexibility index (Phi) is 4.30. The number of anilines is 1. The summed E-state index contributed by atoms with van der Waals surface area (Å²) in [5.74, 6) is 0.969. The van der Waals surface area contributed by atoms with E-state index in [1.54, 1.807) is 0 Å². The highest BCUT2D eigenvalue weighted by molar-refractivity contribution is 5.97. The molecule has 3 N–H and O–H groups in total. The van der Waals surface area contributed by atoms with Crippen LogP contribution in [0.5, 0.6) is 0 Å². The van der Waals surface area contributed by atoms with Gasteiger partial charge in [-0.2, -0.15) is 0 Å². The van der Waals surface area contributed by atoms with Gasteiger partial charge in [0.2, 0.25) is 0 Å². The Labute approximate surface area is 114 Å². The fourth-order valence-corrected chi connectivity index (χ4v) is 2.84. The third-order valence-electron chi connectivity index (χ3n) is 4.04. The second kappa shape index (κ2) is 5.95. The maximum atomic E-state index is 8.72. The lowest BCUT2D eigenvalue weighted by molar-refractivity contribution is 0.318. The number of nitrogens with zero attached hydrogens (tertiary/aromatic N) is 2. The molecular formula is C15H23N3O. The van der Waals surface area contributed by atoms with E-state index in [-0.39, 0.29) is 5.84 Å². The minimum absolute atomic E-state index is 0.166. The quantitative estimate of drug-likeness (QED) is 0.380. The summed E-state index contributed by atoms with van der Waals surface area (Å²) in [4.78, 5) is 2.46. The minimum Gasteiger partial charge on any atom is -0.409 e. The lowest BCUT2D eigenvalue weighted by atomic mass is 9.94. The van der Waals surface area contributed by atoms with E-state index in [1.807, 2.05) is 12.1 Å². The second-order valence-corrected chi connectivity index (χ2v) is 5.35. The van der Waals surface area contributed by atoms with Crippen LogP contribution in [0.2, 0.25) is 0 Å². The van der Waals surface area contributed by atoms with Crippen LogP contribution in [0.15, 0.2) is 23.4 Å². The molecule has 0 bridgehead atoms. The van der Waals surface area contributed by atoms with E-state index in [2.05, 4.69) is 30.0 Å². The minimum atomic E-state index is 0.166. The fraction of sp³-hybridized carbons (Fsp3) is 0.533. The van der Waals surface area contributed by atoms with E-state index >= 15 is 0 Å². The van der Waals surface area contributed by atoms with Crippen molar-refractivity contribution in [1.29, 1.82) is 0 Å². The molecule has 1 aromatic rings. The number of rotatable bonds is 3. The van der Waals surface area contributed by atoms with Crippen LogP contribution in [0.3, 0.4) is 0 Å². The first kappa shape index (κ1) is 13.7. The number of nitrogens with two attached hydrogens (primary N) is 1. The molecule has 0 aromatic heterocycles. The molecule has 0 aliphatic carbocycles. The van der Waals surface area contributed by atoms with Crippen LogP contribution >= 0.6 is 0 Å². The van der Waals surface area contributed by atoms with E-state index < -0.39 is 0 Å². The molecular weight excluding hydrogens is 238 g/mol. The Hall–Kier alpha value is -1.71. The summed E-state index contributed by atoms with van der Waals surface area (Å²) < 4.78 is 0. The first-order chi connectivity index (χ1) is 9.15. The summed E-state index contributed by atoms with van der Waals surface area (Å²) in [5.41, 5.74) is 8.85. The molecule has 1 saturated heterocycles. The zero-order valence-electron chi connectivity index (χ0n) is 11.8. The molecule has 1 aliphatic rings. The number of hydrogen-bond acceptors (Lipinski definition) is 3. The molecule has 4 heteroatoms. The van der Waals surface area contributed by atoms with Gasteiger partial charge in [-0.05, 0) is 49.4 Å². The van der Waals surface area contributed by atoms with Gasteiger partial charge in [-0.25, -0.2) is 0 Å². The predicted molar refractivity (Wildman–Crippen MR) is 78.9 cm³/mol. The number of oxime groups is 1. The van der Waals surface area contributed by atoms with Crippen molar-refractivity contribution in [2.75, 3.05) is 18.0 Å². The fourth-order valence-electron chi connectivity index (χ4n) is 2.84. The molecule has 0 radical (unpaired) electrons. The van der Waals surface area contributed by atoms with E-state index in [1.165, 1.54) is 30.5 Å². The molecule has 2 rings (SSSR count). The lowest BCUT2D eigenvalue weighted by Crippen LogP contribution is -2.35. The zero-order valence-corrected chi connectivity index (χ0v) is 11.8. The third-order valence-corrected chi connectivity index (χ3v) is 4.04. The van der Waals surface area contributed by atoms with E-state index in [9.17, 15) is 0 Å². The van der Waals surface area contributed by atoms with Gasteiger partial charge >= 0.3 is 0 Å². The van der Waals surface area contributed by atoms with Gasteiger partial charge in [0.15, 0.2) is 5.84 Å². The van der Waals surface area contributed by atoms with Crippen LogP contribution in [0.1, 0.15) is 37.3 Å². The highest BCUT2D eigenvalue weighted by Gasteiger charge is 2.20. The van der Waals surface area contributed by atoms with E-state index in [4.69, 9.17) is 10.9 Å². The van der Waals surface area contributed by atoms with Crippen molar-refractivity contribution in [2.24, 2.45) is 16.8 Å². The summed E-state index contributed by atoms with van der Waals surface area (Å²) in [5, 5.41) is 11.8. The van der Waals surface area contributed by atoms with Gasteiger partial charge in [0.1, 0.15) is 0 Å². The number of hydrogen-bond donors (Lipinski definition) is 2. The summed E-state index contributed by atoms with van der Waals surface area (Å²) in [7, 11) is 0. The number of aryl methyl sites for hydroxylation is 1. The predicted octanol–water partition coefficient (Wildman–Crippen LogP) is 2.72. The molecule has 1 heterocycles. The first-order valence-corrected chi connectivity index (χ1v) is 6.99. The summed E-state index contributed by atoms with van der Waals surface area (Å²) >= 11 is 0. The van der Waals surface area contributed by atoms with Crippen molar-refractivity contribution in [1.82, 2.24) is 0 Å². The Bertz CT molecular complexity index is 470. The van der Waals surface area contributed by atoms with Gasteiger partial charge in [0.25, 0.3) is 0 Å². The summed E-state index contributed by atoms with van der Waals surface area (Å²) in [6.07, 6.45) is 3.85. The van der Waals surface area contributed by atoms with Crippen molar-refractivity contribution in [2.45, 2.75) is 33.1 Å². The van der Waals surface area contributed by atoms with Gasteiger partial charge < -0.3 is 15.8 Å². The van der Waals surface area contributed by atoms with Crippen LogP contribution in [0.25, 0.3) is 0 Å². The van der Waals surface area contributed by atoms with Crippen LogP contribution in [0.4, 0.5) is 5.69 Å². The van der Waals surface area contributed by atoms with Gasteiger partial charge in [-0.1, -0.05) is 18.5 Å². The molecule has 0 spiro atoms. The Morgan fingerprint density at radius 1 is 1.53 bits per heavy atom. The van der Waals surface area contributed by atoms with E-state index in [0.29, 0.717) is 0 Å². The maximum absolute atomic E-state index is 8.72. The molecule has 0 saturated carbocycles. The molecule has 1 fully saturated rings. The highest BCUT2D eigenvalue weighted by Crippen LogP contribution is 2.27. The van der Waals surface area contributed by atoms with Crippen LogP contribution in [-0.2, 0) is 0 Å². The summed E-state index contributed by atoms with van der Waals surface area (Å²) in [6, 6.07) is 5.99. The number of benzene rings is 1. The standard InChI is InChI=1S/C15H23N3O/c1-3-12-5-4-8-18(10-12)14-7-6-13(9-11(14)2)15(16)17-19/h6-7,9,12,19H,3-5,8,10H2,1-2H3,(H2,16,17). The van der Waals surface area contributed by atoms with Crippen molar-refractivity contribution >= 4 is 11.5 Å². The normalized spacial score (nSPS) is 20.6. The van der Waals surface area contributed by atoms with Gasteiger partial charge in [0, 0.05) is 24.3 Å². The Morgan fingerprint density at radius 2 is 2.32 bits per heavy atom. The van der Waals surface area contributed by atoms with Crippen molar-refractivity contribution in [3.63, 3.8) is 0 Å². The first-order valence-electron chi connectivity index (χ1n) is 6.99. The van der Waals surface area contributed by atoms with Gasteiger partial charge in [-0.3, -0.25) is 0 Å². The lowest BCUT2D eigenvalue weighted by Gasteiger charge is -2.35. The molecule has 1 unspecified atom stereocenters. The van der Waals surface area contributed by atoms with Crippen LogP contribution in [-0.4, -0.2) is 24.1 Å². The smallest absolute Gasteiger partial charge is 0.170 e. The molecule has 1 aliphatic heterocycles. The highest BCUT2D eigenvalue weighted by atomic mass is 16.4. The topological polar surface area (TPSA) is 61.8 Å². The maximum Gasteiger partial charge on any atom is 0.170 e. The van der Waals surface area contributed by atoms with Crippen LogP contribution < -0.4 is 10.6 Å². The molecule has 1 aromatic carbocycles. The Morgan fingerprint density at radius 3 is 2.95 bits per heavy atom. The van der Waals surface area contributed by atoms with Gasteiger partial charge in [-0.15, -0.1) is 0 Å². The Balaban J connectivity index is 2.21. The average Bonchev–Trinajstić information content (AvgIpc) is 2.46. The average molecular weight is 261 g/mol. The number of piperidine rings is 1. The van der Waals surface area contributed by atoms with Gasteiger partial charge in [0.05, 0.1) is 0 Å². The largest absolute Gasteiger partial charge is 0.409 e. The monoisotopic (exact) mass is 261 g/mol. The molecule has 19 heavy (non-hydrogen) atoms. The summed E-state index contributed by atoms with van der Waals surface area (Å²) in [6.45, 7) is 6.61.